The Bertz CT molecular complexity index is 322. The van der Waals surface area contributed by atoms with Crippen molar-refractivity contribution in [3.05, 3.63) is 35.4 Å². The molecular weight excluding hydrogens is 186 g/mol. The zero-order valence-corrected chi connectivity index (χ0v) is 9.24. The molecule has 82 valence electrons. The van der Waals surface area contributed by atoms with Crippen LogP contribution >= 0.6 is 0 Å². The third-order valence-electron chi connectivity index (χ3n) is 3.03. The molecule has 1 aromatic rings. The van der Waals surface area contributed by atoms with Crippen LogP contribution in [0.5, 0.6) is 0 Å². The van der Waals surface area contributed by atoms with Crippen LogP contribution in [0.2, 0.25) is 0 Å². The molecule has 2 N–H and O–H groups in total. The first-order valence-electron chi connectivity index (χ1n) is 5.76. The second-order valence-corrected chi connectivity index (χ2v) is 4.40. The van der Waals surface area contributed by atoms with Gasteiger partial charge < -0.3 is 10.4 Å². The molecule has 0 spiro atoms. The lowest BCUT2D eigenvalue weighted by Gasteiger charge is -2.26. The molecule has 0 heterocycles. The molecule has 2 heteroatoms. The second kappa shape index (κ2) is 4.77. The molecular formula is C13H19NO. The van der Waals surface area contributed by atoms with Gasteiger partial charge in [-0.3, -0.25) is 0 Å². The number of aliphatic hydroxyl groups excluding tert-OH is 1. The van der Waals surface area contributed by atoms with Crippen molar-refractivity contribution < 1.29 is 5.11 Å². The lowest BCUT2D eigenvalue weighted by molar-refractivity contribution is 0.184. The minimum atomic E-state index is -0.265. The first-order valence-corrected chi connectivity index (χ1v) is 5.76. The van der Waals surface area contributed by atoms with Gasteiger partial charge >= 0.3 is 0 Å². The molecule has 0 saturated carbocycles. The van der Waals surface area contributed by atoms with Crippen LogP contribution in [0, 0.1) is 0 Å². The van der Waals surface area contributed by atoms with E-state index in [9.17, 15) is 5.11 Å². The lowest BCUT2D eigenvalue weighted by atomic mass is 9.88. The predicted octanol–water partition coefficient (Wildman–Crippen LogP) is 2.03. The monoisotopic (exact) mass is 205 g/mol. The maximum atomic E-state index is 9.27. The fourth-order valence-electron chi connectivity index (χ4n) is 2.28. The fourth-order valence-corrected chi connectivity index (χ4v) is 2.28. The molecule has 0 aromatic heterocycles. The van der Waals surface area contributed by atoms with E-state index < -0.39 is 0 Å². The number of hydrogen-bond donors (Lipinski definition) is 2. The van der Waals surface area contributed by atoms with Crippen LogP contribution < -0.4 is 5.32 Å². The topological polar surface area (TPSA) is 32.3 Å². The standard InChI is InChI=1S/C13H19NO/c1-10(15)9-14-13-8-4-6-11-5-2-3-7-12(11)13/h2-3,5,7,10,13-15H,4,6,8-9H2,1H3. The molecule has 2 unspecified atom stereocenters. The lowest BCUT2D eigenvalue weighted by Crippen LogP contribution is -2.30. The van der Waals surface area contributed by atoms with Crippen molar-refractivity contribution >= 4 is 0 Å². The molecule has 0 radical (unpaired) electrons. The summed E-state index contributed by atoms with van der Waals surface area (Å²) in [5, 5.41) is 12.7. The summed E-state index contributed by atoms with van der Waals surface area (Å²) in [7, 11) is 0. The Labute approximate surface area is 91.3 Å². The summed E-state index contributed by atoms with van der Waals surface area (Å²) in [5.41, 5.74) is 2.89. The molecule has 0 amide bonds. The molecule has 2 nitrogen and oxygen atoms in total. The highest BCUT2D eigenvalue weighted by atomic mass is 16.3. The highest BCUT2D eigenvalue weighted by molar-refractivity contribution is 5.32. The van der Waals surface area contributed by atoms with E-state index in [1.165, 1.54) is 30.4 Å². The van der Waals surface area contributed by atoms with Crippen molar-refractivity contribution in [2.24, 2.45) is 0 Å². The smallest absolute Gasteiger partial charge is 0.0636 e. The molecule has 2 atom stereocenters. The van der Waals surface area contributed by atoms with Crippen LogP contribution in [-0.2, 0) is 6.42 Å². The number of aryl methyl sites for hydroxylation is 1. The van der Waals surface area contributed by atoms with E-state index in [0.717, 1.165) is 0 Å². The molecule has 1 aromatic carbocycles. The molecule has 1 aliphatic carbocycles. The van der Waals surface area contributed by atoms with Gasteiger partial charge in [-0.15, -0.1) is 0 Å². The molecule has 0 bridgehead atoms. The largest absolute Gasteiger partial charge is 0.392 e. The van der Waals surface area contributed by atoms with E-state index in [4.69, 9.17) is 0 Å². The number of nitrogens with one attached hydrogen (secondary N) is 1. The molecule has 1 aliphatic rings. The summed E-state index contributed by atoms with van der Waals surface area (Å²) in [4.78, 5) is 0. The normalized spacial score (nSPS) is 22.1. The van der Waals surface area contributed by atoms with Gasteiger partial charge in [0.05, 0.1) is 6.10 Å². The average Bonchev–Trinajstić information content (AvgIpc) is 2.26. The Morgan fingerprint density at radius 3 is 3.07 bits per heavy atom. The van der Waals surface area contributed by atoms with Gasteiger partial charge in [0.2, 0.25) is 0 Å². The molecule has 15 heavy (non-hydrogen) atoms. The van der Waals surface area contributed by atoms with Crippen molar-refractivity contribution in [3.8, 4) is 0 Å². The Morgan fingerprint density at radius 2 is 2.27 bits per heavy atom. The Balaban J connectivity index is 2.08. The minimum absolute atomic E-state index is 0.265. The summed E-state index contributed by atoms with van der Waals surface area (Å²) < 4.78 is 0. The number of hydrogen-bond acceptors (Lipinski definition) is 2. The third kappa shape index (κ3) is 2.58. The minimum Gasteiger partial charge on any atom is -0.392 e. The second-order valence-electron chi connectivity index (χ2n) is 4.40. The van der Waals surface area contributed by atoms with Gasteiger partial charge in [0.25, 0.3) is 0 Å². The van der Waals surface area contributed by atoms with Crippen molar-refractivity contribution in [1.82, 2.24) is 5.32 Å². The predicted molar refractivity (Wildman–Crippen MR) is 61.8 cm³/mol. The maximum Gasteiger partial charge on any atom is 0.0636 e. The summed E-state index contributed by atoms with van der Waals surface area (Å²) in [6.07, 6.45) is 3.36. The Morgan fingerprint density at radius 1 is 1.47 bits per heavy atom. The van der Waals surface area contributed by atoms with Gasteiger partial charge in [0, 0.05) is 12.6 Å². The van der Waals surface area contributed by atoms with Crippen molar-refractivity contribution in [3.63, 3.8) is 0 Å². The first kappa shape index (κ1) is 10.7. The van der Waals surface area contributed by atoms with E-state index in [-0.39, 0.29) is 6.10 Å². The van der Waals surface area contributed by atoms with E-state index in [0.29, 0.717) is 12.6 Å². The zero-order valence-electron chi connectivity index (χ0n) is 9.24. The Kier molecular flexibility index (Phi) is 3.39. The number of aliphatic hydroxyl groups is 1. The van der Waals surface area contributed by atoms with Crippen LogP contribution in [0.25, 0.3) is 0 Å². The van der Waals surface area contributed by atoms with Crippen LogP contribution in [0.15, 0.2) is 24.3 Å². The highest BCUT2D eigenvalue weighted by Crippen LogP contribution is 2.29. The summed E-state index contributed by atoms with van der Waals surface area (Å²) in [6.45, 7) is 2.50. The van der Waals surface area contributed by atoms with E-state index in [2.05, 4.69) is 29.6 Å². The van der Waals surface area contributed by atoms with Gasteiger partial charge in [-0.05, 0) is 37.3 Å². The first-order chi connectivity index (χ1) is 7.27. The molecule has 0 aliphatic heterocycles. The van der Waals surface area contributed by atoms with Crippen LogP contribution in [0.4, 0.5) is 0 Å². The van der Waals surface area contributed by atoms with Crippen LogP contribution in [0.1, 0.15) is 36.9 Å². The van der Waals surface area contributed by atoms with Crippen molar-refractivity contribution in [1.29, 1.82) is 0 Å². The van der Waals surface area contributed by atoms with Gasteiger partial charge in [-0.25, -0.2) is 0 Å². The number of rotatable bonds is 3. The number of fused-ring (bicyclic) bond motifs is 1. The van der Waals surface area contributed by atoms with Gasteiger partial charge in [0.15, 0.2) is 0 Å². The average molecular weight is 205 g/mol. The van der Waals surface area contributed by atoms with Crippen LogP contribution in [0.3, 0.4) is 0 Å². The van der Waals surface area contributed by atoms with Gasteiger partial charge in [-0.2, -0.15) is 0 Å². The highest BCUT2D eigenvalue weighted by Gasteiger charge is 2.18. The molecule has 2 rings (SSSR count). The number of benzene rings is 1. The zero-order chi connectivity index (χ0) is 10.7. The van der Waals surface area contributed by atoms with E-state index in [1.807, 2.05) is 6.92 Å². The maximum absolute atomic E-state index is 9.27. The SMILES string of the molecule is CC(O)CNC1CCCc2ccccc21. The van der Waals surface area contributed by atoms with Crippen molar-refractivity contribution in [2.75, 3.05) is 6.54 Å². The fraction of sp³-hybridized carbons (Fsp3) is 0.538. The van der Waals surface area contributed by atoms with Gasteiger partial charge in [-0.1, -0.05) is 24.3 Å². The third-order valence-corrected chi connectivity index (χ3v) is 3.03. The quantitative estimate of drug-likeness (QED) is 0.791. The van der Waals surface area contributed by atoms with E-state index in [1.54, 1.807) is 0 Å². The summed E-state index contributed by atoms with van der Waals surface area (Å²) in [5.74, 6) is 0. The van der Waals surface area contributed by atoms with Crippen molar-refractivity contribution in [2.45, 2.75) is 38.3 Å². The summed E-state index contributed by atoms with van der Waals surface area (Å²) >= 11 is 0. The molecule has 0 fully saturated rings. The van der Waals surface area contributed by atoms with Gasteiger partial charge in [0.1, 0.15) is 0 Å². The Hall–Kier alpha value is -0.860. The molecule has 0 saturated heterocycles. The summed E-state index contributed by atoms with van der Waals surface area (Å²) in [6, 6.07) is 9.06. The van der Waals surface area contributed by atoms with Crippen LogP contribution in [-0.4, -0.2) is 17.8 Å². The van der Waals surface area contributed by atoms with E-state index >= 15 is 0 Å².